The molecule has 0 unspecified atom stereocenters. The Morgan fingerprint density at radius 3 is 2.37 bits per heavy atom. The Labute approximate surface area is 120 Å². The Balaban J connectivity index is 2.99. The van der Waals surface area contributed by atoms with Crippen molar-refractivity contribution >= 4 is 23.6 Å². The van der Waals surface area contributed by atoms with E-state index >= 15 is 0 Å². The van der Waals surface area contributed by atoms with Crippen LogP contribution in [0.1, 0.15) is 47.0 Å². The van der Waals surface area contributed by atoms with Crippen LogP contribution in [0.3, 0.4) is 0 Å². The van der Waals surface area contributed by atoms with Crippen molar-refractivity contribution in [1.82, 2.24) is 10.2 Å². The number of hydrogen-bond donors (Lipinski definition) is 1. The summed E-state index contributed by atoms with van der Waals surface area (Å²) in [5, 5.41) is 2.94. The van der Waals surface area contributed by atoms with E-state index in [2.05, 4.69) is 25.4 Å². The largest absolute Gasteiger partial charge is 0.342 e. The van der Waals surface area contributed by atoms with Gasteiger partial charge in [-0.25, -0.2) is 0 Å². The van der Waals surface area contributed by atoms with E-state index in [4.69, 9.17) is 0 Å². The summed E-state index contributed by atoms with van der Waals surface area (Å²) in [6.07, 6.45) is 3.74. The van der Waals surface area contributed by atoms with Crippen molar-refractivity contribution in [2.75, 3.05) is 19.3 Å². The molecular formula is C14H26N2O2S. The van der Waals surface area contributed by atoms with Crippen LogP contribution in [-0.4, -0.2) is 46.3 Å². The van der Waals surface area contributed by atoms with E-state index in [0.717, 1.165) is 0 Å². The number of nitrogens with one attached hydrogen (secondary N) is 1. The van der Waals surface area contributed by atoms with Crippen LogP contribution < -0.4 is 5.32 Å². The molecule has 1 fully saturated rings. The zero-order valence-corrected chi connectivity index (χ0v) is 13.5. The fraction of sp³-hybridized carbons (Fsp3) is 0.857. The van der Waals surface area contributed by atoms with E-state index in [0.29, 0.717) is 32.4 Å². The molecular weight excluding hydrogens is 260 g/mol. The molecule has 1 heterocycles. The number of hydrogen-bond acceptors (Lipinski definition) is 3. The molecule has 19 heavy (non-hydrogen) atoms. The highest BCUT2D eigenvalue weighted by Crippen LogP contribution is 2.27. The summed E-state index contributed by atoms with van der Waals surface area (Å²) in [6, 6.07) is 0. The fourth-order valence-electron chi connectivity index (χ4n) is 2.43. The molecule has 0 spiro atoms. The topological polar surface area (TPSA) is 49.4 Å². The number of carbonyl (C=O) groups excluding carboxylic acids is 2. The van der Waals surface area contributed by atoms with Crippen molar-refractivity contribution in [3.63, 3.8) is 0 Å². The van der Waals surface area contributed by atoms with E-state index in [1.807, 2.05) is 18.7 Å². The molecule has 0 aromatic carbocycles. The molecule has 0 atom stereocenters. The standard InChI is InChI=1S/C14H26N2O2S/c1-6-14(7-2)12(18)16(9-8-11(17)15-14)10-13(3,4)19-5/h6-10H2,1-5H3,(H,15,17). The maximum Gasteiger partial charge on any atom is 0.248 e. The van der Waals surface area contributed by atoms with Crippen molar-refractivity contribution in [1.29, 1.82) is 0 Å². The molecule has 1 rings (SSSR count). The summed E-state index contributed by atoms with van der Waals surface area (Å²) >= 11 is 1.75. The van der Waals surface area contributed by atoms with Crippen molar-refractivity contribution in [3.05, 3.63) is 0 Å². The average Bonchev–Trinajstić information content (AvgIpc) is 2.50. The molecule has 1 aliphatic rings. The molecule has 5 heteroatoms. The first kappa shape index (κ1) is 16.3. The van der Waals surface area contributed by atoms with Crippen LogP contribution in [0.15, 0.2) is 0 Å². The van der Waals surface area contributed by atoms with Crippen LogP contribution in [0.5, 0.6) is 0 Å². The minimum atomic E-state index is -0.706. The van der Waals surface area contributed by atoms with Gasteiger partial charge in [0.1, 0.15) is 5.54 Å². The summed E-state index contributed by atoms with van der Waals surface area (Å²) in [6.45, 7) is 9.39. The lowest BCUT2D eigenvalue weighted by molar-refractivity contribution is -0.139. The second-order valence-corrected chi connectivity index (χ2v) is 7.29. The molecule has 1 saturated heterocycles. The van der Waals surface area contributed by atoms with Crippen LogP contribution in [0.2, 0.25) is 0 Å². The Morgan fingerprint density at radius 2 is 1.89 bits per heavy atom. The van der Waals surface area contributed by atoms with Crippen LogP contribution in [0.4, 0.5) is 0 Å². The first-order valence-electron chi connectivity index (χ1n) is 6.96. The average molecular weight is 286 g/mol. The van der Waals surface area contributed by atoms with Crippen LogP contribution in [0, 0.1) is 0 Å². The summed E-state index contributed by atoms with van der Waals surface area (Å²) in [7, 11) is 0. The van der Waals surface area contributed by atoms with Gasteiger partial charge in [0, 0.05) is 24.3 Å². The summed E-state index contributed by atoms with van der Waals surface area (Å²) in [5.74, 6) is 0.0620. The maximum absolute atomic E-state index is 12.8. The highest BCUT2D eigenvalue weighted by molar-refractivity contribution is 7.99. The predicted molar refractivity (Wildman–Crippen MR) is 80.2 cm³/mol. The Bertz CT molecular complexity index is 351. The van der Waals surface area contributed by atoms with E-state index in [1.165, 1.54) is 0 Å². The Kier molecular flexibility index (Phi) is 5.30. The molecule has 0 bridgehead atoms. The highest BCUT2D eigenvalue weighted by atomic mass is 32.2. The van der Waals surface area contributed by atoms with Gasteiger partial charge in [0.2, 0.25) is 11.8 Å². The van der Waals surface area contributed by atoms with Gasteiger partial charge in [-0.3, -0.25) is 9.59 Å². The molecule has 4 nitrogen and oxygen atoms in total. The normalized spacial score (nSPS) is 20.2. The van der Waals surface area contributed by atoms with Gasteiger partial charge in [-0.2, -0.15) is 11.8 Å². The van der Waals surface area contributed by atoms with Crippen molar-refractivity contribution < 1.29 is 9.59 Å². The summed E-state index contributed by atoms with van der Waals surface area (Å²) in [5.41, 5.74) is -0.706. The van der Waals surface area contributed by atoms with Crippen LogP contribution in [0.25, 0.3) is 0 Å². The minimum Gasteiger partial charge on any atom is -0.342 e. The monoisotopic (exact) mass is 286 g/mol. The smallest absolute Gasteiger partial charge is 0.248 e. The molecule has 0 aliphatic carbocycles. The van der Waals surface area contributed by atoms with Crippen molar-refractivity contribution in [3.8, 4) is 0 Å². The number of amides is 2. The first-order chi connectivity index (χ1) is 8.80. The lowest BCUT2D eigenvalue weighted by Gasteiger charge is -2.37. The predicted octanol–water partition coefficient (Wildman–Crippen LogP) is 2.04. The van der Waals surface area contributed by atoms with E-state index < -0.39 is 5.54 Å². The molecule has 0 radical (unpaired) electrons. The summed E-state index contributed by atoms with van der Waals surface area (Å²) < 4.78 is 0.0102. The Morgan fingerprint density at radius 1 is 1.32 bits per heavy atom. The minimum absolute atomic E-state index is 0.0102. The fourth-order valence-corrected chi connectivity index (χ4v) is 2.71. The Hall–Kier alpha value is -0.710. The maximum atomic E-state index is 12.8. The number of carbonyl (C=O) groups is 2. The van der Waals surface area contributed by atoms with Gasteiger partial charge in [-0.15, -0.1) is 0 Å². The van der Waals surface area contributed by atoms with Gasteiger partial charge in [-0.05, 0) is 32.9 Å². The zero-order chi connectivity index (χ0) is 14.7. The van der Waals surface area contributed by atoms with E-state index in [9.17, 15) is 9.59 Å². The third kappa shape index (κ3) is 3.65. The first-order valence-corrected chi connectivity index (χ1v) is 8.18. The SMILES string of the molecule is CCC1(CC)NC(=O)CCN(CC(C)(C)SC)C1=O. The van der Waals surface area contributed by atoms with E-state index in [1.54, 1.807) is 11.8 Å². The van der Waals surface area contributed by atoms with Crippen LogP contribution >= 0.6 is 11.8 Å². The molecule has 1 aliphatic heterocycles. The highest BCUT2D eigenvalue weighted by Gasteiger charge is 2.42. The van der Waals surface area contributed by atoms with E-state index in [-0.39, 0.29) is 16.6 Å². The molecule has 110 valence electrons. The number of thioether (sulfide) groups is 1. The third-order valence-corrected chi connectivity index (χ3v) is 5.25. The lowest BCUT2D eigenvalue weighted by Crippen LogP contribution is -2.57. The molecule has 0 saturated carbocycles. The van der Waals surface area contributed by atoms with Gasteiger partial charge in [0.15, 0.2) is 0 Å². The van der Waals surface area contributed by atoms with Gasteiger partial charge in [-0.1, -0.05) is 13.8 Å². The van der Waals surface area contributed by atoms with Crippen LogP contribution in [-0.2, 0) is 9.59 Å². The van der Waals surface area contributed by atoms with Gasteiger partial charge in [0.05, 0.1) is 0 Å². The lowest BCUT2D eigenvalue weighted by atomic mass is 9.91. The number of nitrogens with zero attached hydrogens (tertiary/aromatic N) is 1. The molecule has 0 aromatic rings. The molecule has 2 amide bonds. The zero-order valence-electron chi connectivity index (χ0n) is 12.7. The quantitative estimate of drug-likeness (QED) is 0.841. The summed E-state index contributed by atoms with van der Waals surface area (Å²) in [4.78, 5) is 26.5. The molecule has 0 aromatic heterocycles. The second-order valence-electron chi connectivity index (χ2n) is 5.78. The second kappa shape index (κ2) is 6.16. The van der Waals surface area contributed by atoms with Gasteiger partial charge >= 0.3 is 0 Å². The molecule has 1 N–H and O–H groups in total. The van der Waals surface area contributed by atoms with Crippen molar-refractivity contribution in [2.45, 2.75) is 57.2 Å². The number of rotatable bonds is 5. The third-order valence-electron chi connectivity index (χ3n) is 4.02. The van der Waals surface area contributed by atoms with Gasteiger partial charge in [0.25, 0.3) is 0 Å². The van der Waals surface area contributed by atoms with Gasteiger partial charge < -0.3 is 10.2 Å². The van der Waals surface area contributed by atoms with Crippen molar-refractivity contribution in [2.24, 2.45) is 0 Å².